The van der Waals surface area contributed by atoms with Crippen molar-refractivity contribution in [3.05, 3.63) is 0 Å². The minimum absolute atomic E-state index is 2.59. The highest BCUT2D eigenvalue weighted by Gasteiger charge is 2.83. The molecule has 0 unspecified atom stereocenters. The Balaban J connectivity index is 2.19. The molecule has 0 aromatic carbocycles. The first-order valence-corrected chi connectivity index (χ1v) is 30.3. The zero-order chi connectivity index (χ0) is 51.7. The molecule has 5 aliphatic heterocycles. The van der Waals surface area contributed by atoms with Crippen LogP contribution in [0, 0.1) is 0 Å². The van der Waals surface area contributed by atoms with Crippen molar-refractivity contribution in [2.45, 2.75) is 71.1 Å². The van der Waals surface area contributed by atoms with Crippen LogP contribution >= 0.6 is 108 Å². The number of halogens is 30. The first kappa shape index (κ1) is 59.8. The molecule has 6 bridgehead atoms. The van der Waals surface area contributed by atoms with Crippen molar-refractivity contribution in [1.82, 2.24) is 0 Å². The van der Waals surface area contributed by atoms with E-state index in [9.17, 15) is 105 Å². The van der Waals surface area contributed by atoms with Gasteiger partial charge < -0.3 is 27.1 Å². The summed E-state index contributed by atoms with van der Waals surface area (Å²) in [6.07, 6.45) is 0. The van der Waals surface area contributed by atoms with E-state index in [1.807, 2.05) is 0 Å². The van der Waals surface area contributed by atoms with E-state index in [2.05, 4.69) is 54.2 Å². The summed E-state index contributed by atoms with van der Waals surface area (Å²) in [5.41, 5.74) is 0. The van der Waals surface area contributed by atoms with Crippen molar-refractivity contribution in [1.29, 1.82) is 0 Å². The van der Waals surface area contributed by atoms with E-state index in [1.54, 1.807) is 0 Å². The summed E-state index contributed by atoms with van der Waals surface area (Å²) in [6, 6.07) is 0. The van der Waals surface area contributed by atoms with Crippen LogP contribution in [-0.2, 0) is 27.1 Å². The Morgan fingerprint density at radius 1 is 0.227 bits per heavy atom. The second-order valence-electron chi connectivity index (χ2n) is 12.7. The number of nitrogens with zero attached hydrogens (tertiary/aromatic N) is 6. The highest BCUT2D eigenvalue weighted by Crippen LogP contribution is 2.86. The smallest absolute Gasteiger partial charge is 0.309 e. The van der Waals surface area contributed by atoms with Gasteiger partial charge in [-0.15, -0.1) is 0 Å². The maximum absolute atomic E-state index is 15.0. The van der Waals surface area contributed by atoms with Crippen molar-refractivity contribution >= 4 is 108 Å². The number of rotatable bonds is 0. The van der Waals surface area contributed by atoms with Crippen molar-refractivity contribution in [2.24, 2.45) is 27.1 Å². The minimum atomic E-state index is -7.59. The molecule has 390 valence electrons. The average Bonchev–Trinajstić information content (AvgIpc) is 3.11. The minimum Gasteiger partial charge on any atom is -0.309 e. The van der Waals surface area contributed by atoms with E-state index >= 15 is 0 Å². The number of hydrogen-bond acceptors (Lipinski definition) is 12. The second kappa shape index (κ2) is 17.4. The van der Waals surface area contributed by atoms with E-state index in [0.717, 1.165) is 0 Å². The van der Waals surface area contributed by atoms with Crippen molar-refractivity contribution < 1.29 is 133 Å². The summed E-state index contributed by atoms with van der Waals surface area (Å²) in [5, 5.41) is 0. The molecule has 0 aromatic rings. The molecule has 5 heterocycles. The molecule has 48 heteroatoms. The Labute approximate surface area is 377 Å². The Morgan fingerprint density at radius 2 is 0.318 bits per heavy atom. The van der Waals surface area contributed by atoms with Crippen LogP contribution in [0.1, 0.15) is 0 Å². The fourth-order valence-electron chi connectivity index (χ4n) is 4.13. The monoisotopic (exact) mass is 1260 g/mol. The van der Waals surface area contributed by atoms with Crippen molar-refractivity contribution in [3.63, 3.8) is 0 Å². The third kappa shape index (κ3) is 10.5. The lowest BCUT2D eigenvalue weighted by Gasteiger charge is -2.39. The fourth-order valence-corrected chi connectivity index (χ4v) is 30.5. The van der Waals surface area contributed by atoms with Gasteiger partial charge in [-0.05, 0) is 67.4 Å². The molecule has 0 radical (unpaired) electrons. The Kier molecular flexibility index (Phi) is 15.7. The summed E-state index contributed by atoms with van der Waals surface area (Å²) in [5.74, 6) is -86.9. The molecule has 66 heavy (non-hydrogen) atoms. The zero-order valence-corrected chi connectivity index (χ0v) is 39.3. The molecule has 0 aromatic heterocycles. The Bertz CT molecular complexity index is 1890. The van der Waals surface area contributed by atoms with Crippen LogP contribution in [0.5, 0.6) is 0 Å². The van der Waals surface area contributed by atoms with Gasteiger partial charge in [0.1, 0.15) is 39.6 Å². The maximum atomic E-state index is 15.0. The highest BCUT2D eigenvalue weighted by atomic mass is 35.7. The van der Waals surface area contributed by atoms with E-state index < -0.39 is 151 Å². The van der Waals surface area contributed by atoms with Crippen LogP contribution in [0.3, 0.4) is 0 Å². The standard InChI is InChI=1S/C18H12Cl6F24N6O6P6/c19-61-49-62(20)51-63(21,50-61)57-4-10(31,32)16(43,44)18(47,48)12(35,36)6-60-66(24)53-64(22,58-2-8(27,28)14(39,40)13(37,38)7(25,26)1-55-61)52-65(23,54-66)59-5-11(33,34)17(45,46)15(41,42)9(29,30)3-56-62/h1-6H2. The van der Waals surface area contributed by atoms with Gasteiger partial charge >= 0.3 is 112 Å². The Morgan fingerprint density at radius 3 is 0.409 bits per heavy atom. The average molecular weight is 1260 g/mol. The van der Waals surface area contributed by atoms with Crippen molar-refractivity contribution in [3.8, 4) is 0 Å². The van der Waals surface area contributed by atoms with Gasteiger partial charge in [-0.25, -0.2) is 0 Å². The van der Waals surface area contributed by atoms with E-state index in [1.165, 1.54) is 0 Å². The second-order valence-corrected chi connectivity index (χ2v) is 32.1. The molecule has 0 aliphatic carbocycles. The lowest BCUT2D eigenvalue weighted by atomic mass is 9.99. The van der Waals surface area contributed by atoms with Gasteiger partial charge in [0.15, 0.2) is 0 Å². The molecule has 5 rings (SSSR count). The van der Waals surface area contributed by atoms with E-state index in [-0.39, 0.29) is 0 Å². The van der Waals surface area contributed by atoms with Crippen LogP contribution in [0.2, 0.25) is 0 Å². The predicted molar refractivity (Wildman–Crippen MR) is 186 cm³/mol. The van der Waals surface area contributed by atoms with Crippen LogP contribution in [-0.4, -0.2) is 111 Å². The maximum Gasteiger partial charge on any atom is 0.380 e. The molecular formula is C18H12Cl6F24N6O6P6. The summed E-state index contributed by atoms with van der Waals surface area (Å²) in [7, 11) is 0. The van der Waals surface area contributed by atoms with Crippen LogP contribution in [0.15, 0.2) is 27.1 Å². The molecule has 5 aliphatic rings. The van der Waals surface area contributed by atoms with Gasteiger partial charge in [-0.1, -0.05) is 0 Å². The first-order chi connectivity index (χ1) is 28.7. The lowest BCUT2D eigenvalue weighted by molar-refractivity contribution is -0.371. The topological polar surface area (TPSA) is 130 Å². The molecule has 0 saturated heterocycles. The summed E-state index contributed by atoms with van der Waals surface area (Å²) in [6.45, 7) is -60.0. The molecule has 12 nitrogen and oxygen atoms in total. The summed E-state index contributed by atoms with van der Waals surface area (Å²) in [4.78, 5) is 0. The molecular weight excluding hydrogens is 1250 g/mol. The third-order valence-electron chi connectivity index (χ3n) is 7.72. The zero-order valence-electron chi connectivity index (χ0n) is 29.4. The van der Waals surface area contributed by atoms with Gasteiger partial charge in [0.05, 0.1) is 0 Å². The SMILES string of the molecule is FC1(F)COP2(Cl)=NP3(Cl)=NP(Cl)(=N2)OCC(F)(F)C(F)(F)C(F)(F)C(F)(F)COP2(Cl)=NP(Cl)(=NP(Cl)(=N2)OCC(F)(F)C(F)(F)C(F)(F)C(F)(F)CO3)OCC(F)(F)C(F)(F)C1(F)F. The molecule has 0 spiro atoms. The van der Waals surface area contributed by atoms with Gasteiger partial charge in [0.25, 0.3) is 0 Å². The van der Waals surface area contributed by atoms with Crippen LogP contribution in [0.25, 0.3) is 0 Å². The molecule has 0 atom stereocenters. The highest BCUT2D eigenvalue weighted by molar-refractivity contribution is 8.06. The molecule has 0 N–H and O–H groups in total. The van der Waals surface area contributed by atoms with Gasteiger partial charge in [0, 0.05) is 0 Å². The third-order valence-corrected chi connectivity index (χ3v) is 30.1. The fraction of sp³-hybridized carbons (Fsp3) is 1.00. The van der Waals surface area contributed by atoms with E-state index in [0.29, 0.717) is 0 Å². The van der Waals surface area contributed by atoms with Gasteiger partial charge in [-0.2, -0.15) is 132 Å². The normalized spacial score (nSPS) is 42.1. The largest absolute Gasteiger partial charge is 0.380 e. The number of hydrogen-bond donors (Lipinski definition) is 0. The van der Waals surface area contributed by atoms with Gasteiger partial charge in [-0.3, -0.25) is 0 Å². The molecule has 0 amide bonds. The predicted octanol–water partition coefficient (Wildman–Crippen LogP) is 17.9. The summed E-state index contributed by atoms with van der Waals surface area (Å²) >= 11 is 33.4. The summed E-state index contributed by atoms with van der Waals surface area (Å²) < 4.78 is 398. The number of fused-ring (bicyclic) bond motifs is 21. The quantitative estimate of drug-likeness (QED) is 0.175. The van der Waals surface area contributed by atoms with Crippen LogP contribution in [0.4, 0.5) is 105 Å². The number of alkyl halides is 24. The Hall–Kier alpha value is 1.20. The molecule has 0 saturated carbocycles. The van der Waals surface area contributed by atoms with Crippen molar-refractivity contribution in [2.75, 3.05) is 39.6 Å². The lowest BCUT2D eigenvalue weighted by Crippen LogP contribution is -2.64. The van der Waals surface area contributed by atoms with E-state index in [4.69, 9.17) is 67.4 Å². The molecule has 0 fully saturated rings. The first-order valence-electron chi connectivity index (χ1n) is 15.1. The van der Waals surface area contributed by atoms with Gasteiger partial charge in [0.2, 0.25) is 0 Å². The van der Waals surface area contributed by atoms with Crippen LogP contribution < -0.4 is 0 Å².